The van der Waals surface area contributed by atoms with Crippen LogP contribution in [0.15, 0.2) is 46.3 Å². The van der Waals surface area contributed by atoms with Crippen molar-refractivity contribution in [3.63, 3.8) is 0 Å². The number of hydrogen-bond donors (Lipinski definition) is 2. The zero-order chi connectivity index (χ0) is 21.6. The molecule has 4 rings (SSSR count). The van der Waals surface area contributed by atoms with E-state index >= 15 is 0 Å². The Balaban J connectivity index is 1.45. The van der Waals surface area contributed by atoms with E-state index in [1.165, 1.54) is 5.56 Å². The van der Waals surface area contributed by atoms with Gasteiger partial charge in [0.25, 0.3) is 5.91 Å². The maximum Gasteiger partial charge on any atom is 0.250 e. The fourth-order valence-electron chi connectivity index (χ4n) is 4.07. The number of nitrogens with zero attached hydrogens (tertiary/aromatic N) is 3. The van der Waals surface area contributed by atoms with E-state index in [2.05, 4.69) is 46.4 Å². The van der Waals surface area contributed by atoms with Crippen molar-refractivity contribution in [2.45, 2.75) is 32.9 Å². The maximum atomic E-state index is 13.4. The van der Waals surface area contributed by atoms with Crippen LogP contribution in [0.3, 0.4) is 0 Å². The second kappa shape index (κ2) is 10.2. The molecule has 1 saturated heterocycles. The van der Waals surface area contributed by atoms with Crippen molar-refractivity contribution in [1.82, 2.24) is 15.1 Å². The van der Waals surface area contributed by atoms with Gasteiger partial charge in [0.2, 0.25) is 0 Å². The van der Waals surface area contributed by atoms with E-state index in [4.69, 9.17) is 5.73 Å². The van der Waals surface area contributed by atoms with Crippen LogP contribution in [0.5, 0.6) is 0 Å². The number of nitrogens with two attached hydrogens (primary N) is 1. The number of carbonyl (C=O) groups excluding carboxylic acids is 1. The van der Waals surface area contributed by atoms with Gasteiger partial charge in [-0.1, -0.05) is 31.2 Å². The van der Waals surface area contributed by atoms with E-state index in [9.17, 15) is 4.79 Å². The van der Waals surface area contributed by atoms with Gasteiger partial charge in [-0.3, -0.25) is 9.69 Å². The smallest absolute Gasteiger partial charge is 0.250 e. The lowest BCUT2D eigenvalue weighted by Gasteiger charge is -2.27. The summed E-state index contributed by atoms with van der Waals surface area (Å²) >= 11 is 1.59. The van der Waals surface area contributed by atoms with Crippen molar-refractivity contribution in [1.29, 1.82) is 0 Å². The van der Waals surface area contributed by atoms with Crippen LogP contribution < -0.4 is 11.1 Å². The van der Waals surface area contributed by atoms with E-state index < -0.39 is 0 Å². The number of benzene rings is 1. The molecule has 3 heterocycles. The lowest BCUT2D eigenvalue weighted by Crippen LogP contribution is -2.42. The van der Waals surface area contributed by atoms with Gasteiger partial charge >= 0.3 is 0 Å². The molecule has 6 nitrogen and oxygen atoms in total. The predicted molar refractivity (Wildman–Crippen MR) is 128 cm³/mol. The summed E-state index contributed by atoms with van der Waals surface area (Å²) in [6.07, 6.45) is 3.27. The first-order valence-electron chi connectivity index (χ1n) is 11.0. The molecule has 2 aliphatic heterocycles. The summed E-state index contributed by atoms with van der Waals surface area (Å²) in [5, 5.41) is 5.38. The molecule has 1 fully saturated rings. The molecule has 7 heteroatoms. The summed E-state index contributed by atoms with van der Waals surface area (Å²) in [5.74, 6) is 0.539. The molecule has 0 unspecified atom stereocenters. The van der Waals surface area contributed by atoms with Crippen LogP contribution in [-0.4, -0.2) is 54.3 Å². The fraction of sp³-hybridized carbons (Fsp3) is 0.417. The van der Waals surface area contributed by atoms with Gasteiger partial charge in [-0.15, -0.1) is 11.3 Å². The minimum atomic E-state index is 0.0474. The highest BCUT2D eigenvalue weighted by Crippen LogP contribution is 2.31. The monoisotopic (exact) mass is 437 g/mol. The van der Waals surface area contributed by atoms with E-state index in [0.29, 0.717) is 30.9 Å². The van der Waals surface area contributed by atoms with Gasteiger partial charge in [0.1, 0.15) is 5.84 Å². The number of fused-ring (bicyclic) bond motifs is 1. The van der Waals surface area contributed by atoms with Crippen LogP contribution in [0, 0.1) is 0 Å². The zero-order valence-electron chi connectivity index (χ0n) is 18.1. The van der Waals surface area contributed by atoms with Gasteiger partial charge in [-0.25, -0.2) is 4.99 Å². The van der Waals surface area contributed by atoms with Crippen LogP contribution in [0.25, 0.3) is 6.08 Å². The van der Waals surface area contributed by atoms with Crippen molar-refractivity contribution < 1.29 is 4.79 Å². The number of piperazine rings is 1. The van der Waals surface area contributed by atoms with Crippen LogP contribution in [-0.2, 0) is 17.9 Å². The average molecular weight is 438 g/mol. The van der Waals surface area contributed by atoms with Crippen LogP contribution >= 0.6 is 11.3 Å². The Kier molecular flexibility index (Phi) is 7.17. The quantitative estimate of drug-likeness (QED) is 0.697. The Morgan fingerprint density at radius 3 is 2.68 bits per heavy atom. The molecule has 31 heavy (non-hydrogen) atoms. The standard InChI is InChI=1S/C24H31N5OS/c1-2-10-29(24(30)20-14-22-21(7-13-31-22)27-23(25)15-20)17-19-5-3-18(4-6-19)16-28-11-8-26-9-12-28/h3-7,13-14,26H,2,8-12,15-17H2,1H3,(H2,25,27). The number of amides is 1. The highest BCUT2D eigenvalue weighted by Gasteiger charge is 2.22. The van der Waals surface area contributed by atoms with Gasteiger partial charge in [0, 0.05) is 57.8 Å². The molecule has 1 amide bonds. The summed E-state index contributed by atoms with van der Waals surface area (Å²) in [7, 11) is 0. The number of rotatable bonds is 7. The number of thiophene rings is 1. The Labute approximate surface area is 188 Å². The minimum Gasteiger partial charge on any atom is -0.387 e. The third kappa shape index (κ3) is 5.61. The van der Waals surface area contributed by atoms with Crippen LogP contribution in [0.2, 0.25) is 0 Å². The largest absolute Gasteiger partial charge is 0.387 e. The molecule has 3 N–H and O–H groups in total. The Morgan fingerprint density at radius 2 is 1.94 bits per heavy atom. The number of aliphatic imine (C=N–C) groups is 1. The highest BCUT2D eigenvalue weighted by molar-refractivity contribution is 7.11. The summed E-state index contributed by atoms with van der Waals surface area (Å²) in [6, 6.07) is 10.6. The number of nitrogens with one attached hydrogen (secondary N) is 1. The van der Waals surface area contributed by atoms with Gasteiger partial charge in [-0.2, -0.15) is 0 Å². The Morgan fingerprint density at radius 1 is 1.19 bits per heavy atom. The van der Waals surface area contributed by atoms with Crippen molar-refractivity contribution in [2.75, 3.05) is 32.7 Å². The molecule has 0 aliphatic carbocycles. The predicted octanol–water partition coefficient (Wildman–Crippen LogP) is 3.37. The molecule has 2 aliphatic rings. The SMILES string of the molecule is CCCN(Cc1ccc(CN2CCNCC2)cc1)C(=O)C1=Cc2sccc2N=C(N)C1. The first-order chi connectivity index (χ1) is 15.1. The van der Waals surface area contributed by atoms with Gasteiger partial charge in [-0.05, 0) is 35.1 Å². The summed E-state index contributed by atoms with van der Waals surface area (Å²) in [5.41, 5.74) is 10.1. The van der Waals surface area contributed by atoms with Crippen LogP contribution in [0.4, 0.5) is 5.69 Å². The molecule has 0 spiro atoms. The fourth-order valence-corrected chi connectivity index (χ4v) is 4.86. The molecular formula is C24H31N5OS. The van der Waals surface area contributed by atoms with E-state index in [1.807, 2.05) is 22.4 Å². The number of amidine groups is 1. The van der Waals surface area contributed by atoms with Crippen LogP contribution in [0.1, 0.15) is 35.8 Å². The van der Waals surface area contributed by atoms with E-state index in [-0.39, 0.29) is 5.91 Å². The summed E-state index contributed by atoms with van der Waals surface area (Å²) < 4.78 is 0. The Hall–Kier alpha value is -2.48. The first-order valence-corrected chi connectivity index (χ1v) is 11.9. The Bertz CT molecular complexity index is 957. The molecule has 0 bridgehead atoms. The lowest BCUT2D eigenvalue weighted by molar-refractivity contribution is -0.127. The van der Waals surface area contributed by atoms with Crippen molar-refractivity contribution in [3.8, 4) is 0 Å². The van der Waals surface area contributed by atoms with Gasteiger partial charge in [0.05, 0.1) is 10.6 Å². The van der Waals surface area contributed by atoms with Gasteiger partial charge < -0.3 is 16.0 Å². The third-order valence-corrected chi connectivity index (χ3v) is 6.54. The molecule has 0 radical (unpaired) electrons. The van der Waals surface area contributed by atoms with Crippen molar-refractivity contribution in [3.05, 3.63) is 57.3 Å². The third-order valence-electron chi connectivity index (χ3n) is 5.68. The van der Waals surface area contributed by atoms with Crippen molar-refractivity contribution >= 4 is 34.8 Å². The number of hydrogen-bond acceptors (Lipinski definition) is 6. The van der Waals surface area contributed by atoms with E-state index in [1.54, 1.807) is 11.3 Å². The normalized spacial score (nSPS) is 16.8. The first kappa shape index (κ1) is 21.7. The maximum absolute atomic E-state index is 13.4. The van der Waals surface area contributed by atoms with Gasteiger partial charge in [0.15, 0.2) is 0 Å². The van der Waals surface area contributed by atoms with E-state index in [0.717, 1.165) is 55.3 Å². The molecule has 2 aromatic rings. The molecule has 164 valence electrons. The average Bonchev–Trinajstić information content (AvgIpc) is 3.14. The summed E-state index contributed by atoms with van der Waals surface area (Å²) in [6.45, 7) is 8.70. The summed E-state index contributed by atoms with van der Waals surface area (Å²) in [4.78, 5) is 23.2. The highest BCUT2D eigenvalue weighted by atomic mass is 32.1. The molecule has 0 saturated carbocycles. The topological polar surface area (TPSA) is 74.0 Å². The second-order valence-corrected chi connectivity index (χ2v) is 9.14. The number of carbonyl (C=O) groups is 1. The molecule has 1 aromatic heterocycles. The molecular weight excluding hydrogens is 406 g/mol. The zero-order valence-corrected chi connectivity index (χ0v) is 19.0. The minimum absolute atomic E-state index is 0.0474. The molecule has 0 atom stereocenters. The molecule has 1 aromatic carbocycles. The van der Waals surface area contributed by atoms with Crippen molar-refractivity contribution in [2.24, 2.45) is 10.7 Å². The lowest BCUT2D eigenvalue weighted by atomic mass is 10.1. The second-order valence-electron chi connectivity index (χ2n) is 8.19.